The van der Waals surface area contributed by atoms with Crippen LogP contribution in [0.25, 0.3) is 11.3 Å². The number of hydrogen-bond donors (Lipinski definition) is 2. The summed E-state index contributed by atoms with van der Waals surface area (Å²) in [5.74, 6) is 0.112. The summed E-state index contributed by atoms with van der Waals surface area (Å²) in [6, 6.07) is 5.55. The molecule has 2 aromatic rings. The van der Waals surface area contributed by atoms with Gasteiger partial charge in [0.05, 0.1) is 19.0 Å². The number of primary amides is 1. The van der Waals surface area contributed by atoms with Crippen LogP contribution in [0.4, 0.5) is 5.82 Å². The smallest absolute Gasteiger partial charge is 0.271 e. The minimum absolute atomic E-state index is 0.0222. The van der Waals surface area contributed by atoms with Crippen LogP contribution in [0.3, 0.4) is 0 Å². The number of amides is 1. The molecular formula is C13H14N4O2. The number of carbonyl (C=O) groups excluding carboxylic acids is 1. The van der Waals surface area contributed by atoms with Gasteiger partial charge in [0.1, 0.15) is 5.75 Å². The normalized spacial score (nSPS) is 10.2. The van der Waals surface area contributed by atoms with Gasteiger partial charge in [-0.05, 0) is 30.7 Å². The predicted octanol–water partition coefficient (Wildman–Crippen LogP) is 1.14. The van der Waals surface area contributed by atoms with Crippen molar-refractivity contribution in [3.8, 4) is 17.0 Å². The van der Waals surface area contributed by atoms with Crippen molar-refractivity contribution in [2.45, 2.75) is 6.92 Å². The Kier molecular flexibility index (Phi) is 3.33. The molecule has 0 aliphatic rings. The lowest BCUT2D eigenvalue weighted by atomic mass is 10.1. The topological polar surface area (TPSA) is 104 Å². The van der Waals surface area contributed by atoms with E-state index in [-0.39, 0.29) is 11.5 Å². The van der Waals surface area contributed by atoms with E-state index in [1.807, 2.05) is 25.1 Å². The molecule has 6 nitrogen and oxygen atoms in total. The van der Waals surface area contributed by atoms with E-state index in [1.165, 1.54) is 6.20 Å². The number of aromatic nitrogens is 2. The van der Waals surface area contributed by atoms with E-state index in [9.17, 15) is 4.79 Å². The first-order valence-corrected chi connectivity index (χ1v) is 5.60. The van der Waals surface area contributed by atoms with Crippen molar-refractivity contribution in [1.82, 2.24) is 9.97 Å². The van der Waals surface area contributed by atoms with E-state index in [0.717, 1.165) is 16.9 Å². The molecule has 1 amide bonds. The van der Waals surface area contributed by atoms with Gasteiger partial charge >= 0.3 is 0 Å². The van der Waals surface area contributed by atoms with Gasteiger partial charge in [-0.1, -0.05) is 0 Å². The van der Waals surface area contributed by atoms with Gasteiger partial charge in [0, 0.05) is 5.56 Å². The second-order valence-corrected chi connectivity index (χ2v) is 4.04. The van der Waals surface area contributed by atoms with E-state index in [2.05, 4.69) is 9.97 Å². The van der Waals surface area contributed by atoms with Gasteiger partial charge in [-0.15, -0.1) is 0 Å². The molecule has 0 radical (unpaired) electrons. The molecule has 0 aliphatic carbocycles. The van der Waals surface area contributed by atoms with Crippen LogP contribution in [0.1, 0.15) is 16.1 Å². The van der Waals surface area contributed by atoms with Gasteiger partial charge in [-0.2, -0.15) is 0 Å². The van der Waals surface area contributed by atoms with Gasteiger partial charge in [0.25, 0.3) is 5.91 Å². The Morgan fingerprint density at radius 2 is 2.11 bits per heavy atom. The largest absolute Gasteiger partial charge is 0.496 e. The van der Waals surface area contributed by atoms with Crippen molar-refractivity contribution in [1.29, 1.82) is 0 Å². The first-order valence-electron chi connectivity index (χ1n) is 5.60. The summed E-state index contributed by atoms with van der Waals surface area (Å²) in [6.45, 7) is 1.92. The van der Waals surface area contributed by atoms with Gasteiger partial charge in [0.2, 0.25) is 0 Å². The zero-order chi connectivity index (χ0) is 14.0. The quantitative estimate of drug-likeness (QED) is 0.859. The molecule has 6 heteroatoms. The van der Waals surface area contributed by atoms with E-state index in [0.29, 0.717) is 5.69 Å². The average Bonchev–Trinajstić information content (AvgIpc) is 2.38. The van der Waals surface area contributed by atoms with Crippen LogP contribution in [0.2, 0.25) is 0 Å². The summed E-state index contributed by atoms with van der Waals surface area (Å²) in [4.78, 5) is 19.3. The van der Waals surface area contributed by atoms with Crippen molar-refractivity contribution >= 4 is 11.7 Å². The highest BCUT2D eigenvalue weighted by molar-refractivity contribution is 5.95. The lowest BCUT2D eigenvalue weighted by Gasteiger charge is -2.08. The lowest BCUT2D eigenvalue weighted by Crippen LogP contribution is -2.17. The second-order valence-electron chi connectivity index (χ2n) is 4.04. The molecule has 1 aromatic heterocycles. The summed E-state index contributed by atoms with van der Waals surface area (Å²) >= 11 is 0. The number of carbonyl (C=O) groups is 1. The third-order valence-electron chi connectivity index (χ3n) is 2.72. The maximum atomic E-state index is 11.2. The number of rotatable bonds is 3. The third-order valence-corrected chi connectivity index (χ3v) is 2.72. The van der Waals surface area contributed by atoms with Crippen molar-refractivity contribution in [3.63, 3.8) is 0 Å². The number of aryl methyl sites for hydroxylation is 1. The van der Waals surface area contributed by atoms with Crippen LogP contribution in [0.15, 0.2) is 24.4 Å². The van der Waals surface area contributed by atoms with Crippen LogP contribution in [0.5, 0.6) is 5.75 Å². The fourth-order valence-corrected chi connectivity index (χ4v) is 1.76. The van der Waals surface area contributed by atoms with Crippen molar-refractivity contribution in [3.05, 3.63) is 35.7 Å². The maximum Gasteiger partial charge on any atom is 0.271 e. The molecule has 0 saturated heterocycles. The van der Waals surface area contributed by atoms with Crippen molar-refractivity contribution in [2.75, 3.05) is 12.8 Å². The first-order chi connectivity index (χ1) is 9.02. The zero-order valence-corrected chi connectivity index (χ0v) is 10.7. The van der Waals surface area contributed by atoms with Crippen molar-refractivity contribution in [2.24, 2.45) is 5.73 Å². The molecule has 2 rings (SSSR count). The molecule has 4 N–H and O–H groups in total. The SMILES string of the molecule is COc1ccc(-c2cnc(N)c(C(N)=O)n2)cc1C. The van der Waals surface area contributed by atoms with Crippen LogP contribution in [0, 0.1) is 6.92 Å². The lowest BCUT2D eigenvalue weighted by molar-refractivity contribution is 0.0996. The summed E-state index contributed by atoms with van der Waals surface area (Å²) in [5, 5.41) is 0. The molecule has 19 heavy (non-hydrogen) atoms. The molecule has 0 fully saturated rings. The Bertz CT molecular complexity index is 641. The maximum absolute atomic E-state index is 11.2. The Morgan fingerprint density at radius 3 is 2.68 bits per heavy atom. The Balaban J connectivity index is 2.50. The Hall–Kier alpha value is -2.63. The molecule has 98 valence electrons. The number of anilines is 1. The molecule has 0 spiro atoms. The van der Waals surface area contributed by atoms with Gasteiger partial charge in [-0.25, -0.2) is 9.97 Å². The molecule has 0 bridgehead atoms. The van der Waals surface area contributed by atoms with Crippen LogP contribution in [-0.4, -0.2) is 23.0 Å². The highest BCUT2D eigenvalue weighted by atomic mass is 16.5. The molecule has 0 aliphatic heterocycles. The number of nitrogens with two attached hydrogens (primary N) is 2. The summed E-state index contributed by atoms with van der Waals surface area (Å²) in [5.41, 5.74) is 13.0. The number of benzene rings is 1. The molecule has 1 heterocycles. The van der Waals surface area contributed by atoms with Crippen LogP contribution < -0.4 is 16.2 Å². The Labute approximate surface area is 110 Å². The summed E-state index contributed by atoms with van der Waals surface area (Å²) in [6.07, 6.45) is 1.50. The standard InChI is InChI=1S/C13H14N4O2/c1-7-5-8(3-4-10(7)19-2)9-6-16-12(14)11(17-9)13(15)18/h3-6H,1-2H3,(H2,14,16)(H2,15,18). The average molecular weight is 258 g/mol. The Morgan fingerprint density at radius 1 is 1.37 bits per heavy atom. The van der Waals surface area contributed by atoms with Gasteiger partial charge in [0.15, 0.2) is 11.5 Å². The highest BCUT2D eigenvalue weighted by Crippen LogP contribution is 2.25. The highest BCUT2D eigenvalue weighted by Gasteiger charge is 2.12. The van der Waals surface area contributed by atoms with E-state index in [1.54, 1.807) is 7.11 Å². The van der Waals surface area contributed by atoms with E-state index in [4.69, 9.17) is 16.2 Å². The number of nitrogen functional groups attached to an aromatic ring is 1. The summed E-state index contributed by atoms with van der Waals surface area (Å²) < 4.78 is 5.19. The van der Waals surface area contributed by atoms with Crippen LogP contribution >= 0.6 is 0 Å². The van der Waals surface area contributed by atoms with Gasteiger partial charge in [-0.3, -0.25) is 4.79 Å². The fraction of sp³-hybridized carbons (Fsp3) is 0.154. The number of nitrogens with zero attached hydrogens (tertiary/aromatic N) is 2. The molecule has 0 saturated carbocycles. The predicted molar refractivity (Wildman–Crippen MR) is 71.7 cm³/mol. The van der Waals surface area contributed by atoms with Crippen LogP contribution in [-0.2, 0) is 0 Å². The summed E-state index contributed by atoms with van der Waals surface area (Å²) in [7, 11) is 1.61. The molecular weight excluding hydrogens is 244 g/mol. The number of ether oxygens (including phenoxy) is 1. The monoisotopic (exact) mass is 258 g/mol. The van der Waals surface area contributed by atoms with Gasteiger partial charge < -0.3 is 16.2 Å². The number of methoxy groups -OCH3 is 1. The fourth-order valence-electron chi connectivity index (χ4n) is 1.76. The zero-order valence-electron chi connectivity index (χ0n) is 10.7. The van der Waals surface area contributed by atoms with E-state index >= 15 is 0 Å². The first kappa shape index (κ1) is 12.8. The van der Waals surface area contributed by atoms with Crippen molar-refractivity contribution < 1.29 is 9.53 Å². The molecule has 1 aromatic carbocycles. The minimum atomic E-state index is -0.697. The molecule has 0 atom stereocenters. The second kappa shape index (κ2) is 4.93. The minimum Gasteiger partial charge on any atom is -0.496 e. The number of hydrogen-bond acceptors (Lipinski definition) is 5. The van der Waals surface area contributed by atoms with E-state index < -0.39 is 5.91 Å². The molecule has 0 unspecified atom stereocenters. The third kappa shape index (κ3) is 2.47.